The van der Waals surface area contributed by atoms with Crippen molar-refractivity contribution < 1.29 is 14.7 Å². The van der Waals surface area contributed by atoms with Crippen molar-refractivity contribution in [3.05, 3.63) is 65.2 Å². The lowest BCUT2D eigenvalue weighted by Gasteiger charge is -2.38. The molecule has 2 aliphatic heterocycles. The number of rotatable bonds is 11. The summed E-state index contributed by atoms with van der Waals surface area (Å²) < 4.78 is 0. The van der Waals surface area contributed by atoms with Crippen molar-refractivity contribution in [2.75, 3.05) is 32.8 Å². The monoisotopic (exact) mass is 479 g/mol. The van der Waals surface area contributed by atoms with E-state index in [4.69, 9.17) is 4.84 Å². The van der Waals surface area contributed by atoms with Crippen molar-refractivity contribution >= 4 is 5.91 Å². The minimum absolute atomic E-state index is 0.0206. The summed E-state index contributed by atoms with van der Waals surface area (Å²) in [6.45, 7) is 9.33. The number of aromatic hydroxyl groups is 1. The molecule has 1 atom stereocenters. The summed E-state index contributed by atoms with van der Waals surface area (Å²) in [6, 6.07) is 16.1. The van der Waals surface area contributed by atoms with E-state index >= 15 is 0 Å². The Labute approximate surface area is 210 Å². The number of phenolic OH excluding ortho intramolecular Hbond substituents is 1. The van der Waals surface area contributed by atoms with Gasteiger partial charge < -0.3 is 19.7 Å². The molecule has 6 nitrogen and oxygen atoms in total. The smallest absolute Gasteiger partial charge is 0.229 e. The zero-order valence-electron chi connectivity index (χ0n) is 21.3. The Bertz CT molecular complexity index is 954. The number of hydrogen-bond acceptors (Lipinski definition) is 5. The lowest BCUT2D eigenvalue weighted by molar-refractivity contribution is -0.138. The highest BCUT2D eigenvalue weighted by atomic mass is 16.6. The molecule has 2 heterocycles. The molecular formula is C29H41N3O3. The number of carbonyl (C=O) groups excluding carboxylic acids is 1. The molecule has 0 aliphatic carbocycles. The molecule has 0 aromatic heterocycles. The molecule has 2 aromatic rings. The molecule has 190 valence electrons. The van der Waals surface area contributed by atoms with E-state index in [2.05, 4.69) is 53.4 Å². The molecule has 1 unspecified atom stereocenters. The van der Waals surface area contributed by atoms with E-state index in [1.165, 1.54) is 11.1 Å². The number of nitrogens with one attached hydrogen (secondary N) is 1. The third-order valence-electron chi connectivity index (χ3n) is 7.76. The number of amides is 1. The van der Waals surface area contributed by atoms with Crippen molar-refractivity contribution in [2.24, 2.45) is 5.41 Å². The minimum atomic E-state index is -0.174. The first kappa shape index (κ1) is 25.7. The first-order valence-electron chi connectivity index (χ1n) is 13.3. The van der Waals surface area contributed by atoms with E-state index in [0.29, 0.717) is 12.5 Å². The first-order valence-corrected chi connectivity index (χ1v) is 13.3. The van der Waals surface area contributed by atoms with Crippen LogP contribution in [0.1, 0.15) is 68.7 Å². The van der Waals surface area contributed by atoms with Crippen LogP contribution < -0.4 is 5.48 Å². The first-order chi connectivity index (χ1) is 17.0. The van der Waals surface area contributed by atoms with Crippen LogP contribution in [0.15, 0.2) is 48.5 Å². The fourth-order valence-corrected chi connectivity index (χ4v) is 5.42. The third kappa shape index (κ3) is 6.43. The van der Waals surface area contributed by atoms with Gasteiger partial charge in [-0.2, -0.15) is 5.48 Å². The normalized spacial score (nSPS) is 18.9. The van der Waals surface area contributed by atoms with Crippen LogP contribution in [0.5, 0.6) is 5.75 Å². The molecule has 2 N–H and O–H groups in total. The van der Waals surface area contributed by atoms with Gasteiger partial charge in [-0.15, -0.1) is 0 Å². The van der Waals surface area contributed by atoms with Gasteiger partial charge in [0.25, 0.3) is 0 Å². The van der Waals surface area contributed by atoms with E-state index in [-0.39, 0.29) is 17.2 Å². The predicted octanol–water partition coefficient (Wildman–Crippen LogP) is 4.83. The van der Waals surface area contributed by atoms with E-state index in [1.54, 1.807) is 12.1 Å². The Morgan fingerprint density at radius 3 is 2.43 bits per heavy atom. The zero-order chi connectivity index (χ0) is 24.7. The summed E-state index contributed by atoms with van der Waals surface area (Å²) in [5.41, 5.74) is 6.61. The molecular weight excluding hydrogens is 438 g/mol. The van der Waals surface area contributed by atoms with Crippen LogP contribution in [0.25, 0.3) is 0 Å². The number of carbonyl (C=O) groups is 1. The highest BCUT2D eigenvalue weighted by molar-refractivity contribution is 5.85. The SMILES string of the molecule is CCCONC(CCN1CCC2(CC1)CCN(Cc1ccc(CC)cc1)C2=O)c1cccc(O)c1. The van der Waals surface area contributed by atoms with Crippen LogP contribution in [0.2, 0.25) is 0 Å². The second kappa shape index (κ2) is 12.0. The number of likely N-dealkylation sites (tertiary alicyclic amines) is 2. The Morgan fingerprint density at radius 1 is 1.03 bits per heavy atom. The maximum atomic E-state index is 13.4. The van der Waals surface area contributed by atoms with Crippen molar-refractivity contribution in [3.63, 3.8) is 0 Å². The predicted molar refractivity (Wildman–Crippen MR) is 139 cm³/mol. The van der Waals surface area contributed by atoms with Crippen molar-refractivity contribution in [1.82, 2.24) is 15.3 Å². The standard InChI is InChI=1S/C29H41N3O3/c1-3-20-35-30-27(25-6-5-7-26(33)21-25)12-16-31-17-13-29(14-18-31)15-19-32(28(29)34)22-24-10-8-23(4-2)9-11-24/h5-11,21,27,30,33H,3-4,12-20,22H2,1-2H3. The Balaban J connectivity index is 1.29. The number of piperidine rings is 1. The highest BCUT2D eigenvalue weighted by Crippen LogP contribution is 2.42. The highest BCUT2D eigenvalue weighted by Gasteiger charge is 2.47. The number of aryl methyl sites for hydroxylation is 1. The van der Waals surface area contributed by atoms with Crippen LogP contribution in [-0.2, 0) is 22.6 Å². The average Bonchev–Trinajstić information content (AvgIpc) is 3.17. The topological polar surface area (TPSA) is 65.0 Å². The van der Waals surface area contributed by atoms with Gasteiger partial charge in [0.2, 0.25) is 5.91 Å². The number of nitrogens with zero attached hydrogens (tertiary/aromatic N) is 2. The average molecular weight is 480 g/mol. The molecule has 2 aliphatic rings. The number of hydrogen-bond donors (Lipinski definition) is 2. The van der Waals surface area contributed by atoms with Crippen LogP contribution in [0, 0.1) is 5.41 Å². The summed E-state index contributed by atoms with van der Waals surface area (Å²) in [6.07, 6.45) is 5.72. The van der Waals surface area contributed by atoms with E-state index < -0.39 is 0 Å². The van der Waals surface area contributed by atoms with Crippen LogP contribution >= 0.6 is 0 Å². The fourth-order valence-electron chi connectivity index (χ4n) is 5.42. The number of phenols is 1. The second-order valence-corrected chi connectivity index (χ2v) is 10.2. The maximum Gasteiger partial charge on any atom is 0.229 e. The molecule has 35 heavy (non-hydrogen) atoms. The molecule has 1 amide bonds. The van der Waals surface area contributed by atoms with Gasteiger partial charge in [-0.25, -0.2) is 0 Å². The van der Waals surface area contributed by atoms with Gasteiger partial charge in [-0.1, -0.05) is 50.2 Å². The summed E-state index contributed by atoms with van der Waals surface area (Å²) in [5, 5.41) is 9.92. The van der Waals surface area contributed by atoms with Gasteiger partial charge in [0.15, 0.2) is 0 Å². The van der Waals surface area contributed by atoms with Gasteiger partial charge >= 0.3 is 0 Å². The molecule has 6 heteroatoms. The molecule has 2 aromatic carbocycles. The van der Waals surface area contributed by atoms with E-state index in [1.807, 2.05) is 12.1 Å². The molecule has 4 rings (SSSR count). The van der Waals surface area contributed by atoms with E-state index in [0.717, 1.165) is 76.8 Å². The summed E-state index contributed by atoms with van der Waals surface area (Å²) >= 11 is 0. The molecule has 2 saturated heterocycles. The van der Waals surface area contributed by atoms with Crippen LogP contribution in [0.4, 0.5) is 0 Å². The summed E-state index contributed by atoms with van der Waals surface area (Å²) in [7, 11) is 0. The van der Waals surface area contributed by atoms with Crippen molar-refractivity contribution in [3.8, 4) is 5.75 Å². The van der Waals surface area contributed by atoms with Crippen LogP contribution in [0.3, 0.4) is 0 Å². The van der Waals surface area contributed by atoms with Gasteiger partial charge in [0.1, 0.15) is 5.75 Å². The maximum absolute atomic E-state index is 13.4. The van der Waals surface area contributed by atoms with Crippen molar-refractivity contribution in [1.29, 1.82) is 0 Å². The molecule has 0 bridgehead atoms. The Kier molecular flexibility index (Phi) is 8.82. The lowest BCUT2D eigenvalue weighted by Crippen LogP contribution is -2.45. The Morgan fingerprint density at radius 2 is 1.74 bits per heavy atom. The second-order valence-electron chi connectivity index (χ2n) is 10.2. The van der Waals surface area contributed by atoms with Gasteiger partial charge in [-0.3, -0.25) is 4.79 Å². The third-order valence-corrected chi connectivity index (χ3v) is 7.76. The largest absolute Gasteiger partial charge is 0.508 e. The van der Waals surface area contributed by atoms with E-state index in [9.17, 15) is 9.90 Å². The summed E-state index contributed by atoms with van der Waals surface area (Å²) in [5.74, 6) is 0.624. The Hall–Kier alpha value is -2.41. The molecule has 0 saturated carbocycles. The fraction of sp³-hybridized carbons (Fsp3) is 0.552. The molecule has 2 fully saturated rings. The quantitative estimate of drug-likeness (QED) is 0.357. The minimum Gasteiger partial charge on any atom is -0.508 e. The molecule has 0 radical (unpaired) electrons. The van der Waals surface area contributed by atoms with Crippen LogP contribution in [-0.4, -0.2) is 53.6 Å². The number of hydroxylamine groups is 1. The van der Waals surface area contributed by atoms with Crippen molar-refractivity contribution in [2.45, 2.75) is 65.0 Å². The lowest BCUT2D eigenvalue weighted by atomic mass is 9.77. The zero-order valence-corrected chi connectivity index (χ0v) is 21.3. The van der Waals surface area contributed by atoms with Gasteiger partial charge in [0, 0.05) is 19.6 Å². The molecule has 1 spiro atoms. The summed E-state index contributed by atoms with van der Waals surface area (Å²) in [4.78, 5) is 23.6. The van der Waals surface area contributed by atoms with Gasteiger partial charge in [0.05, 0.1) is 18.1 Å². The van der Waals surface area contributed by atoms with Gasteiger partial charge in [-0.05, 0) is 80.4 Å². The number of benzene rings is 2.